The van der Waals surface area contributed by atoms with E-state index in [0.29, 0.717) is 11.9 Å². The van der Waals surface area contributed by atoms with E-state index < -0.39 is 4.92 Å². The molecule has 8 heteroatoms. The van der Waals surface area contributed by atoms with Crippen LogP contribution in [-0.4, -0.2) is 59.1 Å². The lowest BCUT2D eigenvalue weighted by Crippen LogP contribution is -2.49. The average Bonchev–Trinajstić information content (AvgIpc) is 2.53. The van der Waals surface area contributed by atoms with Crippen molar-refractivity contribution in [1.29, 1.82) is 0 Å². The lowest BCUT2D eigenvalue weighted by molar-refractivity contribution is -0.383. The first-order valence-corrected chi connectivity index (χ1v) is 7.24. The molecule has 1 aliphatic rings. The summed E-state index contributed by atoms with van der Waals surface area (Å²) in [6, 6.07) is 0.542. The average molecular weight is 294 g/mol. The Morgan fingerprint density at radius 2 is 2.05 bits per heavy atom. The fourth-order valence-electron chi connectivity index (χ4n) is 2.58. The molecule has 0 aliphatic carbocycles. The van der Waals surface area contributed by atoms with Crippen LogP contribution in [0.25, 0.3) is 0 Å². The van der Waals surface area contributed by atoms with Gasteiger partial charge in [0.05, 0.1) is 4.92 Å². The van der Waals surface area contributed by atoms with Gasteiger partial charge in [-0.25, -0.2) is 9.97 Å². The third kappa shape index (κ3) is 3.21. The summed E-state index contributed by atoms with van der Waals surface area (Å²) in [7, 11) is 1.62. The zero-order chi connectivity index (χ0) is 15.4. The number of hydrogen-bond acceptors (Lipinski definition) is 7. The van der Waals surface area contributed by atoms with Crippen molar-refractivity contribution in [2.75, 3.05) is 43.4 Å². The number of hydrogen-bond donors (Lipinski definition) is 1. The van der Waals surface area contributed by atoms with Crippen LogP contribution in [0.5, 0.6) is 0 Å². The third-order valence-electron chi connectivity index (χ3n) is 4.05. The Morgan fingerprint density at radius 3 is 2.57 bits per heavy atom. The molecule has 2 heterocycles. The molecule has 0 saturated carbocycles. The monoisotopic (exact) mass is 294 g/mol. The van der Waals surface area contributed by atoms with Crippen LogP contribution < -0.4 is 10.2 Å². The van der Waals surface area contributed by atoms with Gasteiger partial charge in [0.25, 0.3) is 0 Å². The molecule has 1 aliphatic heterocycles. The fraction of sp³-hybridized carbons (Fsp3) is 0.692. The molecule has 0 radical (unpaired) electrons. The van der Waals surface area contributed by atoms with E-state index in [9.17, 15) is 10.1 Å². The molecule has 21 heavy (non-hydrogen) atoms. The first kappa shape index (κ1) is 15.4. The Kier molecular flexibility index (Phi) is 4.89. The lowest BCUT2D eigenvalue weighted by Gasteiger charge is -2.38. The summed E-state index contributed by atoms with van der Waals surface area (Å²) in [6.45, 7) is 7.65. The minimum absolute atomic E-state index is 0.0445. The molecule has 0 aromatic carbocycles. The van der Waals surface area contributed by atoms with E-state index in [1.165, 1.54) is 6.33 Å². The predicted octanol–water partition coefficient (Wildman–Crippen LogP) is 1.35. The van der Waals surface area contributed by atoms with Crippen molar-refractivity contribution in [2.24, 2.45) is 0 Å². The van der Waals surface area contributed by atoms with Gasteiger partial charge in [-0.15, -0.1) is 0 Å². The lowest BCUT2D eigenvalue weighted by atomic mass is 10.2. The van der Waals surface area contributed by atoms with E-state index >= 15 is 0 Å². The van der Waals surface area contributed by atoms with Crippen LogP contribution >= 0.6 is 0 Å². The Hall–Kier alpha value is -1.96. The molecule has 0 amide bonds. The highest BCUT2D eigenvalue weighted by atomic mass is 16.6. The number of nitro groups is 1. The van der Waals surface area contributed by atoms with Gasteiger partial charge in [0, 0.05) is 39.3 Å². The largest absolute Gasteiger partial charge is 0.367 e. The Labute approximate surface area is 124 Å². The van der Waals surface area contributed by atoms with E-state index in [1.807, 2.05) is 4.90 Å². The minimum atomic E-state index is -0.414. The molecule has 1 N–H and O–H groups in total. The highest BCUT2D eigenvalue weighted by Gasteiger charge is 2.29. The van der Waals surface area contributed by atoms with Gasteiger partial charge < -0.3 is 10.2 Å². The van der Waals surface area contributed by atoms with Gasteiger partial charge in [0.15, 0.2) is 0 Å². The molecular formula is C13H22N6O2. The second-order valence-electron chi connectivity index (χ2n) is 5.18. The molecule has 0 bridgehead atoms. The quantitative estimate of drug-likeness (QED) is 0.647. The van der Waals surface area contributed by atoms with Gasteiger partial charge in [-0.2, -0.15) is 0 Å². The smallest absolute Gasteiger partial charge is 0.353 e. The number of anilines is 2. The van der Waals surface area contributed by atoms with E-state index in [4.69, 9.17) is 0 Å². The number of rotatable bonds is 5. The maximum atomic E-state index is 11.3. The Balaban J connectivity index is 2.19. The van der Waals surface area contributed by atoms with Gasteiger partial charge in [-0.1, -0.05) is 6.92 Å². The molecule has 1 fully saturated rings. The summed E-state index contributed by atoms with van der Waals surface area (Å²) in [5.74, 6) is 0.664. The van der Waals surface area contributed by atoms with Crippen molar-refractivity contribution in [3.8, 4) is 0 Å². The van der Waals surface area contributed by atoms with E-state index in [2.05, 4.69) is 34.0 Å². The number of nitrogens with one attached hydrogen (secondary N) is 1. The first-order chi connectivity index (χ1) is 10.1. The minimum Gasteiger partial charge on any atom is -0.367 e. The topological polar surface area (TPSA) is 87.4 Å². The normalized spacial score (nSPS) is 17.6. The molecule has 1 saturated heterocycles. The first-order valence-electron chi connectivity index (χ1n) is 7.24. The van der Waals surface area contributed by atoms with Crippen LogP contribution in [0.1, 0.15) is 20.3 Å². The number of aromatic nitrogens is 2. The molecule has 1 aromatic rings. The standard InChI is InChI=1S/C13H22N6O2/c1-4-10(2)17-5-7-18(8-6-17)13-11(19(20)21)12(14-3)15-9-16-13/h9-10H,4-8H2,1-3H3,(H,14,15,16). The van der Waals surface area contributed by atoms with Gasteiger partial charge in [-0.3, -0.25) is 15.0 Å². The SMILES string of the molecule is CCC(C)N1CCN(c2ncnc(NC)c2[N+](=O)[O-])CC1. The Bertz CT molecular complexity index is 501. The summed E-state index contributed by atoms with van der Waals surface area (Å²) in [6.07, 6.45) is 2.48. The zero-order valence-corrected chi connectivity index (χ0v) is 12.7. The second kappa shape index (κ2) is 6.66. The fourth-order valence-corrected chi connectivity index (χ4v) is 2.58. The van der Waals surface area contributed by atoms with Crippen molar-refractivity contribution in [2.45, 2.75) is 26.3 Å². The molecule has 1 atom stereocenters. The summed E-state index contributed by atoms with van der Waals surface area (Å²) in [4.78, 5) is 23.3. The summed E-state index contributed by atoms with van der Waals surface area (Å²) in [5, 5.41) is 14.1. The van der Waals surface area contributed by atoms with Crippen molar-refractivity contribution >= 4 is 17.3 Å². The summed E-state index contributed by atoms with van der Waals surface area (Å²) in [5.41, 5.74) is -0.0445. The highest BCUT2D eigenvalue weighted by Crippen LogP contribution is 2.32. The zero-order valence-electron chi connectivity index (χ0n) is 12.7. The highest BCUT2D eigenvalue weighted by molar-refractivity contribution is 5.70. The van der Waals surface area contributed by atoms with Gasteiger partial charge in [-0.05, 0) is 13.3 Å². The third-order valence-corrected chi connectivity index (χ3v) is 4.05. The van der Waals surface area contributed by atoms with Crippen LogP contribution in [0, 0.1) is 10.1 Å². The molecule has 116 valence electrons. The molecule has 1 unspecified atom stereocenters. The van der Waals surface area contributed by atoms with Crippen molar-refractivity contribution in [3.63, 3.8) is 0 Å². The van der Waals surface area contributed by atoms with Crippen LogP contribution in [-0.2, 0) is 0 Å². The summed E-state index contributed by atoms with van der Waals surface area (Å²) >= 11 is 0. The van der Waals surface area contributed by atoms with Crippen molar-refractivity contribution in [3.05, 3.63) is 16.4 Å². The molecule has 1 aromatic heterocycles. The maximum Gasteiger partial charge on any atom is 0.353 e. The van der Waals surface area contributed by atoms with E-state index in [1.54, 1.807) is 7.05 Å². The second-order valence-corrected chi connectivity index (χ2v) is 5.18. The maximum absolute atomic E-state index is 11.3. The van der Waals surface area contributed by atoms with Gasteiger partial charge in [0.2, 0.25) is 11.6 Å². The molecule has 8 nitrogen and oxygen atoms in total. The molecule has 2 rings (SSSR count). The molecular weight excluding hydrogens is 272 g/mol. The number of piperazine rings is 1. The predicted molar refractivity (Wildman–Crippen MR) is 81.8 cm³/mol. The van der Waals surface area contributed by atoms with E-state index in [0.717, 1.165) is 32.6 Å². The van der Waals surface area contributed by atoms with Crippen LogP contribution in [0.3, 0.4) is 0 Å². The van der Waals surface area contributed by atoms with Gasteiger partial charge >= 0.3 is 5.69 Å². The van der Waals surface area contributed by atoms with Crippen LogP contribution in [0.2, 0.25) is 0 Å². The Morgan fingerprint density at radius 1 is 1.38 bits per heavy atom. The molecule has 0 spiro atoms. The van der Waals surface area contributed by atoms with Crippen molar-refractivity contribution < 1.29 is 4.92 Å². The van der Waals surface area contributed by atoms with Crippen molar-refractivity contribution in [1.82, 2.24) is 14.9 Å². The van der Waals surface area contributed by atoms with Crippen LogP contribution in [0.15, 0.2) is 6.33 Å². The van der Waals surface area contributed by atoms with E-state index in [-0.39, 0.29) is 11.5 Å². The van der Waals surface area contributed by atoms with Gasteiger partial charge in [0.1, 0.15) is 6.33 Å². The summed E-state index contributed by atoms with van der Waals surface area (Å²) < 4.78 is 0. The van der Waals surface area contributed by atoms with Crippen LogP contribution in [0.4, 0.5) is 17.3 Å². The number of nitrogens with zero attached hydrogens (tertiary/aromatic N) is 5.